The lowest BCUT2D eigenvalue weighted by molar-refractivity contribution is 0.0955. The molecule has 0 radical (unpaired) electrons. The van der Waals surface area contributed by atoms with E-state index in [1.807, 2.05) is 6.92 Å². The Hall–Kier alpha value is -2.51. The molecule has 0 bridgehead atoms. The maximum Gasteiger partial charge on any atom is 0.261 e. The molecule has 3 aromatic rings. The Bertz CT molecular complexity index is 1020. The van der Waals surface area contributed by atoms with Crippen LogP contribution in [0.5, 0.6) is 0 Å². The average Bonchev–Trinajstić information content (AvgIpc) is 3.12. The summed E-state index contributed by atoms with van der Waals surface area (Å²) in [6.45, 7) is 2.11. The number of rotatable bonds is 5. The first-order valence-corrected chi connectivity index (χ1v) is 10.1. The molecule has 0 aliphatic carbocycles. The van der Waals surface area contributed by atoms with E-state index in [2.05, 4.69) is 5.32 Å². The first-order valence-electron chi connectivity index (χ1n) is 7.80. The van der Waals surface area contributed by atoms with E-state index >= 15 is 0 Å². The second-order valence-electron chi connectivity index (χ2n) is 5.74. The van der Waals surface area contributed by atoms with Crippen molar-refractivity contribution in [1.29, 1.82) is 0 Å². The zero-order valence-electron chi connectivity index (χ0n) is 13.9. The summed E-state index contributed by atoms with van der Waals surface area (Å²) in [5.74, 6) is -0.714. The SMILES string of the molecule is Cc1ccc(S(=O)(=O)c2ccc(C(=O)NCc3ccc(F)cc3)s2)cc1. The highest BCUT2D eigenvalue weighted by molar-refractivity contribution is 7.93. The van der Waals surface area contributed by atoms with E-state index < -0.39 is 9.84 Å². The highest BCUT2D eigenvalue weighted by Gasteiger charge is 2.21. The minimum absolute atomic E-state index is 0.119. The fourth-order valence-electron chi connectivity index (χ4n) is 2.29. The molecular weight excluding hydrogens is 373 g/mol. The van der Waals surface area contributed by atoms with Gasteiger partial charge in [0.25, 0.3) is 5.91 Å². The van der Waals surface area contributed by atoms with Gasteiger partial charge in [0, 0.05) is 6.54 Å². The van der Waals surface area contributed by atoms with Crippen LogP contribution in [0.15, 0.2) is 69.8 Å². The largest absolute Gasteiger partial charge is 0.347 e. The molecule has 7 heteroatoms. The molecule has 3 rings (SSSR count). The van der Waals surface area contributed by atoms with Gasteiger partial charge >= 0.3 is 0 Å². The molecule has 1 N–H and O–H groups in total. The van der Waals surface area contributed by atoms with Crippen LogP contribution in [0.2, 0.25) is 0 Å². The average molecular weight is 389 g/mol. The third-order valence-electron chi connectivity index (χ3n) is 3.77. The fraction of sp³-hybridized carbons (Fsp3) is 0.105. The number of carbonyl (C=O) groups is 1. The molecule has 134 valence electrons. The number of benzene rings is 2. The number of aryl methyl sites for hydroxylation is 1. The summed E-state index contributed by atoms with van der Waals surface area (Å²) in [4.78, 5) is 12.7. The van der Waals surface area contributed by atoms with Crippen molar-refractivity contribution in [3.63, 3.8) is 0 Å². The molecule has 0 unspecified atom stereocenters. The first kappa shape index (κ1) is 18.3. The minimum atomic E-state index is -3.64. The van der Waals surface area contributed by atoms with Gasteiger partial charge in [-0.15, -0.1) is 11.3 Å². The predicted octanol–water partition coefficient (Wildman–Crippen LogP) is 3.96. The number of amides is 1. The van der Waals surface area contributed by atoms with Gasteiger partial charge in [0.1, 0.15) is 10.0 Å². The Kier molecular flexibility index (Phi) is 5.20. The van der Waals surface area contributed by atoms with Crippen LogP contribution in [0.1, 0.15) is 20.8 Å². The quantitative estimate of drug-likeness (QED) is 0.718. The summed E-state index contributed by atoms with van der Waals surface area (Å²) >= 11 is 0.925. The molecule has 0 saturated heterocycles. The minimum Gasteiger partial charge on any atom is -0.347 e. The molecule has 1 amide bonds. The van der Waals surface area contributed by atoms with Crippen LogP contribution in [0.3, 0.4) is 0 Å². The standard InChI is InChI=1S/C19H16FNO3S2/c1-13-2-8-16(9-3-13)26(23,24)18-11-10-17(25-18)19(22)21-12-14-4-6-15(20)7-5-14/h2-11H,12H2,1H3,(H,21,22). The molecule has 0 spiro atoms. The van der Waals surface area contributed by atoms with E-state index in [1.165, 1.54) is 24.3 Å². The first-order chi connectivity index (χ1) is 12.4. The van der Waals surface area contributed by atoms with Crippen molar-refractivity contribution in [2.45, 2.75) is 22.6 Å². The van der Waals surface area contributed by atoms with E-state index in [0.717, 1.165) is 22.5 Å². The molecule has 0 atom stereocenters. The Morgan fingerprint density at radius 1 is 1.00 bits per heavy atom. The van der Waals surface area contributed by atoms with Gasteiger partial charge < -0.3 is 5.32 Å². The zero-order chi connectivity index (χ0) is 18.7. The number of halogens is 1. The Morgan fingerprint density at radius 2 is 1.65 bits per heavy atom. The van der Waals surface area contributed by atoms with Crippen LogP contribution in [0, 0.1) is 12.7 Å². The molecule has 0 aliphatic rings. The van der Waals surface area contributed by atoms with Crippen molar-refractivity contribution in [3.05, 3.63) is 82.5 Å². The van der Waals surface area contributed by atoms with Gasteiger partial charge in [0.2, 0.25) is 9.84 Å². The fourth-order valence-corrected chi connectivity index (χ4v) is 4.92. The van der Waals surface area contributed by atoms with Gasteiger partial charge in [-0.2, -0.15) is 0 Å². The van der Waals surface area contributed by atoms with Crippen LogP contribution in [0.4, 0.5) is 4.39 Å². The topological polar surface area (TPSA) is 63.2 Å². The monoisotopic (exact) mass is 389 g/mol. The lowest BCUT2D eigenvalue weighted by Crippen LogP contribution is -2.21. The Balaban J connectivity index is 1.73. The van der Waals surface area contributed by atoms with Gasteiger partial charge in [-0.3, -0.25) is 4.79 Å². The Labute approximate surface area is 155 Å². The van der Waals surface area contributed by atoms with Gasteiger partial charge in [-0.1, -0.05) is 29.8 Å². The smallest absolute Gasteiger partial charge is 0.261 e. The Morgan fingerprint density at radius 3 is 2.31 bits per heavy atom. The predicted molar refractivity (Wildman–Crippen MR) is 98.5 cm³/mol. The molecular formula is C19H16FNO3S2. The number of sulfone groups is 1. The third-order valence-corrected chi connectivity index (χ3v) is 7.11. The molecule has 1 aromatic heterocycles. The second kappa shape index (κ2) is 7.39. The molecule has 2 aromatic carbocycles. The number of carbonyl (C=O) groups excluding carboxylic acids is 1. The van der Waals surface area contributed by atoms with Crippen molar-refractivity contribution in [2.24, 2.45) is 0 Å². The third kappa shape index (κ3) is 4.00. The number of thiophene rings is 1. The molecule has 4 nitrogen and oxygen atoms in total. The summed E-state index contributed by atoms with van der Waals surface area (Å²) in [6, 6.07) is 15.3. The van der Waals surface area contributed by atoms with Gasteiger partial charge in [-0.25, -0.2) is 12.8 Å². The zero-order valence-corrected chi connectivity index (χ0v) is 15.5. The second-order valence-corrected chi connectivity index (χ2v) is 9.00. The van der Waals surface area contributed by atoms with Crippen LogP contribution < -0.4 is 5.32 Å². The van der Waals surface area contributed by atoms with Gasteiger partial charge in [0.15, 0.2) is 0 Å². The maximum absolute atomic E-state index is 12.9. The summed E-state index contributed by atoms with van der Waals surface area (Å²) < 4.78 is 38.3. The van der Waals surface area contributed by atoms with E-state index in [1.54, 1.807) is 36.4 Å². The lowest BCUT2D eigenvalue weighted by Gasteiger charge is -2.04. The van der Waals surface area contributed by atoms with Crippen molar-refractivity contribution in [2.75, 3.05) is 0 Å². The van der Waals surface area contributed by atoms with Gasteiger partial charge in [-0.05, 0) is 48.9 Å². The van der Waals surface area contributed by atoms with E-state index in [9.17, 15) is 17.6 Å². The highest BCUT2D eigenvalue weighted by atomic mass is 32.2. The van der Waals surface area contributed by atoms with E-state index in [-0.39, 0.29) is 27.4 Å². The molecule has 0 fully saturated rings. The van der Waals surface area contributed by atoms with Crippen molar-refractivity contribution in [1.82, 2.24) is 5.32 Å². The van der Waals surface area contributed by atoms with E-state index in [4.69, 9.17) is 0 Å². The van der Waals surface area contributed by atoms with Crippen LogP contribution >= 0.6 is 11.3 Å². The molecule has 26 heavy (non-hydrogen) atoms. The van der Waals surface area contributed by atoms with Crippen LogP contribution in [0.25, 0.3) is 0 Å². The molecule has 0 saturated carbocycles. The number of hydrogen-bond donors (Lipinski definition) is 1. The normalized spacial score (nSPS) is 11.3. The summed E-state index contributed by atoms with van der Waals surface area (Å²) in [5, 5.41) is 2.70. The van der Waals surface area contributed by atoms with Crippen molar-refractivity contribution >= 4 is 27.1 Å². The number of nitrogens with one attached hydrogen (secondary N) is 1. The van der Waals surface area contributed by atoms with Crippen molar-refractivity contribution < 1.29 is 17.6 Å². The lowest BCUT2D eigenvalue weighted by atomic mass is 10.2. The van der Waals surface area contributed by atoms with Crippen molar-refractivity contribution in [3.8, 4) is 0 Å². The highest BCUT2D eigenvalue weighted by Crippen LogP contribution is 2.28. The van der Waals surface area contributed by atoms with Crippen LogP contribution in [-0.4, -0.2) is 14.3 Å². The van der Waals surface area contributed by atoms with Gasteiger partial charge in [0.05, 0.1) is 9.77 Å². The maximum atomic E-state index is 12.9. The number of hydrogen-bond acceptors (Lipinski definition) is 4. The summed E-state index contributed by atoms with van der Waals surface area (Å²) in [7, 11) is -3.64. The summed E-state index contributed by atoms with van der Waals surface area (Å²) in [5.41, 5.74) is 1.72. The van der Waals surface area contributed by atoms with Crippen LogP contribution in [-0.2, 0) is 16.4 Å². The molecule has 0 aliphatic heterocycles. The molecule has 1 heterocycles. The van der Waals surface area contributed by atoms with E-state index in [0.29, 0.717) is 4.88 Å². The summed E-state index contributed by atoms with van der Waals surface area (Å²) in [6.07, 6.45) is 0.